The van der Waals surface area contributed by atoms with Crippen LogP contribution in [-0.4, -0.2) is 66.7 Å². The average molecular weight is 566 g/mol. The molecule has 0 atom stereocenters. The van der Waals surface area contributed by atoms with Gasteiger partial charge in [-0.15, -0.1) is 0 Å². The van der Waals surface area contributed by atoms with Crippen molar-refractivity contribution in [3.05, 3.63) is 87.6 Å². The van der Waals surface area contributed by atoms with Crippen LogP contribution in [0.1, 0.15) is 65.0 Å². The van der Waals surface area contributed by atoms with Crippen LogP contribution in [0.5, 0.6) is 0 Å². The van der Waals surface area contributed by atoms with Gasteiger partial charge in [-0.05, 0) is 87.1 Å². The Balaban J connectivity index is 1.53. The Kier molecular flexibility index (Phi) is 6.19. The van der Waals surface area contributed by atoms with E-state index in [4.69, 9.17) is 0 Å². The van der Waals surface area contributed by atoms with Gasteiger partial charge in [0.1, 0.15) is 8.07 Å². The van der Waals surface area contributed by atoms with Crippen LogP contribution < -0.4 is 10.1 Å². The number of aromatic carboxylic acids is 2. The molecule has 0 saturated carbocycles. The Morgan fingerprint density at radius 2 is 1.63 bits per heavy atom. The van der Waals surface area contributed by atoms with E-state index in [-0.39, 0.29) is 11.1 Å². The summed E-state index contributed by atoms with van der Waals surface area (Å²) in [5, 5.41) is 22.9. The van der Waals surface area contributed by atoms with Gasteiger partial charge in [0.15, 0.2) is 18.8 Å². The number of carboxylic acids is 2. The van der Waals surface area contributed by atoms with E-state index in [1.165, 1.54) is 65.3 Å². The van der Waals surface area contributed by atoms with E-state index in [0.717, 1.165) is 42.9 Å². The minimum atomic E-state index is -2.17. The Morgan fingerprint density at radius 3 is 2.29 bits per heavy atom. The van der Waals surface area contributed by atoms with Crippen molar-refractivity contribution in [3.63, 3.8) is 0 Å². The molecular weight excluding hydrogens is 528 g/mol. The molecule has 0 aromatic heterocycles. The van der Waals surface area contributed by atoms with Crippen molar-refractivity contribution in [1.29, 1.82) is 0 Å². The lowest BCUT2D eigenvalue weighted by Gasteiger charge is -2.46. The number of hydrogen-bond donors (Lipinski definition) is 2. The second-order valence-electron chi connectivity index (χ2n) is 12.9. The summed E-state index contributed by atoms with van der Waals surface area (Å²) in [6, 6.07) is 13.7. The predicted molar refractivity (Wildman–Crippen MR) is 164 cm³/mol. The number of anilines is 1. The van der Waals surface area contributed by atoms with E-state index in [1.54, 1.807) is 6.07 Å². The number of fused-ring (bicyclic) bond motifs is 4. The maximum absolute atomic E-state index is 12.5. The molecule has 7 rings (SSSR count). The molecule has 41 heavy (non-hydrogen) atoms. The van der Waals surface area contributed by atoms with Gasteiger partial charge in [-0.1, -0.05) is 39.2 Å². The van der Waals surface area contributed by atoms with Crippen LogP contribution in [-0.2, 0) is 0 Å². The fraction of sp³-hybridized carbons (Fsp3) is 0.382. The van der Waals surface area contributed by atoms with Gasteiger partial charge in [0.05, 0.1) is 17.0 Å². The maximum Gasteiger partial charge on any atom is 0.336 e. The number of benzene rings is 2. The lowest BCUT2D eigenvalue weighted by atomic mass is 9.86. The van der Waals surface area contributed by atoms with Gasteiger partial charge in [0.2, 0.25) is 0 Å². The third-order valence-corrected chi connectivity index (χ3v) is 15.2. The number of carbonyl (C=O) groups is 2. The van der Waals surface area contributed by atoms with Crippen LogP contribution >= 0.6 is 0 Å². The van der Waals surface area contributed by atoms with Crippen LogP contribution in [0.3, 0.4) is 0 Å². The number of rotatable bonds is 4. The second kappa shape index (κ2) is 9.69. The smallest absolute Gasteiger partial charge is 0.336 e. The molecule has 5 aliphatic rings. The molecule has 7 heteroatoms. The largest absolute Gasteiger partial charge is 0.478 e. The van der Waals surface area contributed by atoms with Crippen molar-refractivity contribution in [2.45, 2.75) is 45.2 Å². The minimum Gasteiger partial charge on any atom is -0.478 e. The first-order valence-corrected chi connectivity index (χ1v) is 17.4. The third kappa shape index (κ3) is 4.16. The minimum absolute atomic E-state index is 0.105. The summed E-state index contributed by atoms with van der Waals surface area (Å²) in [6.07, 6.45) is 10.5. The normalized spacial score (nSPS) is 23.0. The van der Waals surface area contributed by atoms with Gasteiger partial charge in [-0.2, -0.15) is 0 Å². The van der Waals surface area contributed by atoms with Crippen LogP contribution in [0.15, 0.2) is 65.4 Å². The Hall–Kier alpha value is -3.71. The summed E-state index contributed by atoms with van der Waals surface area (Å²) >= 11 is 0. The van der Waals surface area contributed by atoms with Crippen molar-refractivity contribution < 1.29 is 24.4 Å². The molecule has 3 fully saturated rings. The summed E-state index contributed by atoms with van der Waals surface area (Å²) in [6.45, 7) is 8.80. The number of allylic oxidation sites excluding steroid dienone is 5. The fourth-order valence-corrected chi connectivity index (χ4v) is 13.5. The highest BCUT2D eigenvalue weighted by Gasteiger charge is 2.48. The monoisotopic (exact) mass is 565 g/mol. The van der Waals surface area contributed by atoms with Gasteiger partial charge in [-0.25, -0.2) is 14.2 Å². The highest BCUT2D eigenvalue weighted by molar-refractivity contribution is 7.00. The zero-order chi connectivity index (χ0) is 28.5. The van der Waals surface area contributed by atoms with Crippen LogP contribution in [0, 0.1) is 11.8 Å². The fourth-order valence-electron chi connectivity index (χ4n) is 7.85. The van der Waals surface area contributed by atoms with E-state index < -0.39 is 20.0 Å². The Morgan fingerprint density at radius 1 is 0.878 bits per heavy atom. The van der Waals surface area contributed by atoms with E-state index in [0.29, 0.717) is 17.4 Å². The molecular formula is C34H37N2O4Si+. The zero-order valence-electron chi connectivity index (χ0n) is 23.8. The first-order valence-electron chi connectivity index (χ1n) is 15.0. The predicted octanol–water partition coefficient (Wildman–Crippen LogP) is 5.33. The average Bonchev–Trinajstić information content (AvgIpc) is 2.94. The molecule has 1 spiro atoms. The molecule has 0 amide bonds. The Labute approximate surface area is 242 Å². The molecule has 2 aromatic carbocycles. The summed E-state index contributed by atoms with van der Waals surface area (Å²) in [4.78, 5) is 27.1. The Bertz CT molecular complexity index is 1610. The van der Waals surface area contributed by atoms with Crippen molar-refractivity contribution in [1.82, 2.24) is 0 Å². The first-order chi connectivity index (χ1) is 19.7. The van der Waals surface area contributed by atoms with Crippen molar-refractivity contribution in [2.75, 3.05) is 31.1 Å². The van der Waals surface area contributed by atoms with Gasteiger partial charge in [-0.3, -0.25) is 0 Å². The van der Waals surface area contributed by atoms with E-state index in [9.17, 15) is 19.8 Å². The van der Waals surface area contributed by atoms with Gasteiger partial charge >= 0.3 is 11.9 Å². The lowest BCUT2D eigenvalue weighted by molar-refractivity contribution is -0.601. The van der Waals surface area contributed by atoms with E-state index in [2.05, 4.69) is 59.8 Å². The third-order valence-electron chi connectivity index (χ3n) is 9.91. The van der Waals surface area contributed by atoms with E-state index >= 15 is 0 Å². The first kappa shape index (κ1) is 26.2. The lowest BCUT2D eigenvalue weighted by Crippen LogP contribution is -2.56. The van der Waals surface area contributed by atoms with Crippen molar-refractivity contribution in [3.8, 4) is 0 Å². The van der Waals surface area contributed by atoms with Crippen LogP contribution in [0.2, 0.25) is 12.1 Å². The molecule has 3 saturated heterocycles. The molecule has 2 aromatic rings. The quantitative estimate of drug-likeness (QED) is 0.387. The van der Waals surface area contributed by atoms with E-state index in [1.807, 2.05) is 0 Å². The molecule has 0 radical (unpaired) electrons. The molecule has 0 unspecified atom stereocenters. The molecule has 1 aliphatic carbocycles. The number of nitrogens with zero attached hydrogens (tertiary/aromatic N) is 2. The summed E-state index contributed by atoms with van der Waals surface area (Å²) in [7, 11) is -2.17. The molecule has 4 heterocycles. The zero-order valence-corrected chi connectivity index (χ0v) is 24.8. The summed E-state index contributed by atoms with van der Waals surface area (Å²) in [5.41, 5.74) is 6.32. The molecule has 4 aliphatic heterocycles. The summed E-state index contributed by atoms with van der Waals surface area (Å²) < 4.78 is 2.46. The second-order valence-corrected chi connectivity index (χ2v) is 17.1. The standard InChI is InChI=1S/C34H36N2O4Si/c1-21-17-35(18-21)24-7-10-27-30(15-24)41(12-4-3-5-13-41)31-16-25(36-19-22(2)20-36)8-11-28(31)32(27)29-14-23(33(37)38)6-9-26(29)34(39)40/h6-11,14-16,21-22H,3-5,12-13,17-20H2,1-2H3,(H-,37,38,39,40)/p+1. The summed E-state index contributed by atoms with van der Waals surface area (Å²) in [5.74, 6) is -0.718. The molecule has 6 nitrogen and oxygen atoms in total. The van der Waals surface area contributed by atoms with Crippen molar-refractivity contribution in [2.24, 2.45) is 11.8 Å². The van der Waals surface area contributed by atoms with Gasteiger partial charge in [0, 0.05) is 30.9 Å². The number of hydrogen-bond acceptors (Lipinski definition) is 3. The van der Waals surface area contributed by atoms with Crippen LogP contribution in [0.4, 0.5) is 5.69 Å². The number of carboxylic acid groups (broad SMARTS) is 2. The van der Waals surface area contributed by atoms with Gasteiger partial charge < -0.3 is 15.1 Å². The topological polar surface area (TPSA) is 80.8 Å². The molecule has 2 N–H and O–H groups in total. The highest BCUT2D eigenvalue weighted by Crippen LogP contribution is 2.48. The molecule has 210 valence electrons. The maximum atomic E-state index is 12.5. The van der Waals surface area contributed by atoms with Gasteiger partial charge in [0.25, 0.3) is 0 Å². The van der Waals surface area contributed by atoms with Crippen molar-refractivity contribution >= 4 is 42.2 Å². The molecule has 0 bridgehead atoms. The SMILES string of the molecule is CC1CN(c2ccc3c(c2)[Si]2(CCCCC2)C2=CC(=[N+]4CC(C)C4)C=CC2=C3c2cc(C(=O)O)ccc2C(=O)O)C1. The van der Waals surface area contributed by atoms with Crippen LogP contribution in [0.25, 0.3) is 5.57 Å². The highest BCUT2D eigenvalue weighted by atomic mass is 28.3.